The molecule has 20 heavy (non-hydrogen) atoms. The monoisotopic (exact) mass is 272 g/mol. The van der Waals surface area contributed by atoms with Gasteiger partial charge in [0, 0.05) is 18.6 Å². The molecule has 2 saturated heterocycles. The Balaban J connectivity index is 1.67. The molecular weight excluding hydrogens is 248 g/mol. The van der Waals surface area contributed by atoms with Gasteiger partial charge in [0.15, 0.2) is 0 Å². The maximum Gasteiger partial charge on any atom is 0.227 e. The first kappa shape index (κ1) is 13.6. The third-order valence-corrected chi connectivity index (χ3v) is 4.63. The summed E-state index contributed by atoms with van der Waals surface area (Å²) in [5.74, 6) is 0.301. The van der Waals surface area contributed by atoms with Gasteiger partial charge in [-0.1, -0.05) is 30.3 Å². The van der Waals surface area contributed by atoms with Crippen molar-refractivity contribution in [3.8, 4) is 0 Å². The molecule has 2 heterocycles. The number of nitrogens with zero attached hydrogens (tertiary/aromatic N) is 1. The fourth-order valence-corrected chi connectivity index (χ4v) is 3.60. The molecule has 2 aliphatic heterocycles. The maximum atomic E-state index is 12.6. The van der Waals surface area contributed by atoms with Crippen LogP contribution in [0.4, 0.5) is 0 Å². The summed E-state index contributed by atoms with van der Waals surface area (Å²) in [6.07, 6.45) is 6.60. The number of rotatable bonds is 3. The van der Waals surface area contributed by atoms with Crippen LogP contribution in [0.25, 0.3) is 0 Å². The summed E-state index contributed by atoms with van der Waals surface area (Å²) in [5.41, 5.74) is 1.13. The van der Waals surface area contributed by atoms with Gasteiger partial charge in [0.05, 0.1) is 6.42 Å². The highest BCUT2D eigenvalue weighted by molar-refractivity contribution is 5.79. The lowest BCUT2D eigenvalue weighted by molar-refractivity contribution is -0.134. The lowest BCUT2D eigenvalue weighted by Crippen LogP contribution is -2.53. The summed E-state index contributed by atoms with van der Waals surface area (Å²) in [5, 5.41) is 3.58. The van der Waals surface area contributed by atoms with Gasteiger partial charge in [-0.25, -0.2) is 0 Å². The van der Waals surface area contributed by atoms with E-state index in [9.17, 15) is 4.79 Å². The van der Waals surface area contributed by atoms with E-state index >= 15 is 0 Å². The molecule has 1 aromatic rings. The Labute approximate surface area is 121 Å². The molecule has 1 amide bonds. The number of carbonyl (C=O) groups excluding carboxylic acids is 1. The van der Waals surface area contributed by atoms with Gasteiger partial charge < -0.3 is 10.2 Å². The summed E-state index contributed by atoms with van der Waals surface area (Å²) in [6, 6.07) is 11.1. The van der Waals surface area contributed by atoms with Gasteiger partial charge in [-0.2, -0.15) is 0 Å². The normalized spacial score (nSPS) is 26.7. The highest BCUT2D eigenvalue weighted by Gasteiger charge is 2.33. The van der Waals surface area contributed by atoms with Crippen molar-refractivity contribution in [2.24, 2.45) is 0 Å². The first-order valence-electron chi connectivity index (χ1n) is 7.91. The van der Waals surface area contributed by atoms with E-state index in [0.717, 1.165) is 31.5 Å². The molecule has 2 aliphatic rings. The summed E-state index contributed by atoms with van der Waals surface area (Å²) >= 11 is 0. The first-order chi connectivity index (χ1) is 9.84. The van der Waals surface area contributed by atoms with Gasteiger partial charge in [0.1, 0.15) is 0 Å². The van der Waals surface area contributed by atoms with Crippen LogP contribution in [0.1, 0.15) is 37.7 Å². The topological polar surface area (TPSA) is 32.3 Å². The second-order valence-electron chi connectivity index (χ2n) is 6.02. The minimum absolute atomic E-state index is 0.301. The van der Waals surface area contributed by atoms with Crippen LogP contribution in [-0.2, 0) is 11.2 Å². The minimum atomic E-state index is 0.301. The minimum Gasteiger partial charge on any atom is -0.338 e. The molecule has 0 bridgehead atoms. The van der Waals surface area contributed by atoms with Crippen LogP contribution in [0.2, 0.25) is 0 Å². The summed E-state index contributed by atoms with van der Waals surface area (Å²) in [6.45, 7) is 2.05. The molecule has 0 radical (unpaired) electrons. The van der Waals surface area contributed by atoms with Crippen LogP contribution in [0.3, 0.4) is 0 Å². The molecule has 0 aliphatic carbocycles. The van der Waals surface area contributed by atoms with Crippen molar-refractivity contribution in [2.45, 2.75) is 50.6 Å². The van der Waals surface area contributed by atoms with E-state index in [1.807, 2.05) is 30.3 Å². The summed E-state index contributed by atoms with van der Waals surface area (Å²) < 4.78 is 0. The molecule has 0 saturated carbocycles. The van der Waals surface area contributed by atoms with Crippen LogP contribution in [0.5, 0.6) is 0 Å². The third-order valence-electron chi connectivity index (χ3n) is 4.63. The highest BCUT2D eigenvalue weighted by atomic mass is 16.2. The van der Waals surface area contributed by atoms with Crippen LogP contribution < -0.4 is 5.32 Å². The predicted octanol–water partition coefficient (Wildman–Crippen LogP) is 2.36. The van der Waals surface area contributed by atoms with Crippen LogP contribution in [0.15, 0.2) is 30.3 Å². The Bertz CT molecular complexity index is 440. The Morgan fingerprint density at radius 1 is 1.15 bits per heavy atom. The van der Waals surface area contributed by atoms with E-state index in [1.54, 1.807) is 0 Å². The van der Waals surface area contributed by atoms with E-state index in [0.29, 0.717) is 24.4 Å². The van der Waals surface area contributed by atoms with E-state index in [1.165, 1.54) is 19.3 Å². The molecule has 3 rings (SSSR count). The molecular formula is C17H24N2O. The zero-order valence-electron chi connectivity index (χ0n) is 12.1. The van der Waals surface area contributed by atoms with Gasteiger partial charge in [0.2, 0.25) is 5.91 Å². The molecule has 2 unspecified atom stereocenters. The number of amides is 1. The Morgan fingerprint density at radius 2 is 2.00 bits per heavy atom. The van der Waals surface area contributed by atoms with Crippen molar-refractivity contribution in [3.05, 3.63) is 35.9 Å². The zero-order valence-corrected chi connectivity index (χ0v) is 12.1. The standard InChI is InChI=1S/C17H24N2O/c20-17(13-14-7-2-1-3-8-14)19-12-5-4-10-16(19)15-9-6-11-18-15/h1-3,7-8,15-16,18H,4-6,9-13H2. The maximum absolute atomic E-state index is 12.6. The molecule has 2 fully saturated rings. The predicted molar refractivity (Wildman–Crippen MR) is 80.5 cm³/mol. The Hall–Kier alpha value is -1.35. The largest absolute Gasteiger partial charge is 0.338 e. The fourth-order valence-electron chi connectivity index (χ4n) is 3.60. The molecule has 3 heteroatoms. The lowest BCUT2D eigenvalue weighted by atomic mass is 9.94. The smallest absolute Gasteiger partial charge is 0.227 e. The van der Waals surface area contributed by atoms with Crippen molar-refractivity contribution in [1.29, 1.82) is 0 Å². The average molecular weight is 272 g/mol. The fraction of sp³-hybridized carbons (Fsp3) is 0.588. The SMILES string of the molecule is O=C(Cc1ccccc1)N1CCCCC1C1CCCN1. The second kappa shape index (κ2) is 6.40. The van der Waals surface area contributed by atoms with Crippen LogP contribution >= 0.6 is 0 Å². The van der Waals surface area contributed by atoms with Crippen LogP contribution in [0, 0.1) is 0 Å². The number of piperidine rings is 1. The van der Waals surface area contributed by atoms with Crippen molar-refractivity contribution in [2.75, 3.05) is 13.1 Å². The van der Waals surface area contributed by atoms with Crippen molar-refractivity contribution in [3.63, 3.8) is 0 Å². The van der Waals surface area contributed by atoms with E-state index in [2.05, 4.69) is 10.2 Å². The van der Waals surface area contributed by atoms with Gasteiger partial charge in [0.25, 0.3) is 0 Å². The van der Waals surface area contributed by atoms with Gasteiger partial charge >= 0.3 is 0 Å². The summed E-state index contributed by atoms with van der Waals surface area (Å²) in [4.78, 5) is 14.8. The van der Waals surface area contributed by atoms with Crippen molar-refractivity contribution >= 4 is 5.91 Å². The van der Waals surface area contributed by atoms with Gasteiger partial charge in [-0.3, -0.25) is 4.79 Å². The van der Waals surface area contributed by atoms with Gasteiger partial charge in [-0.05, 0) is 44.2 Å². The van der Waals surface area contributed by atoms with Crippen LogP contribution in [-0.4, -0.2) is 36.0 Å². The molecule has 0 aromatic heterocycles. The number of likely N-dealkylation sites (tertiary alicyclic amines) is 1. The first-order valence-corrected chi connectivity index (χ1v) is 7.91. The lowest BCUT2D eigenvalue weighted by Gasteiger charge is -2.39. The Kier molecular flexibility index (Phi) is 4.36. The highest BCUT2D eigenvalue weighted by Crippen LogP contribution is 2.25. The second-order valence-corrected chi connectivity index (χ2v) is 6.02. The van der Waals surface area contributed by atoms with Gasteiger partial charge in [-0.15, -0.1) is 0 Å². The van der Waals surface area contributed by atoms with E-state index in [-0.39, 0.29) is 0 Å². The third kappa shape index (κ3) is 3.04. The number of hydrogen-bond acceptors (Lipinski definition) is 2. The molecule has 108 valence electrons. The zero-order chi connectivity index (χ0) is 13.8. The number of hydrogen-bond donors (Lipinski definition) is 1. The number of nitrogens with one attached hydrogen (secondary N) is 1. The molecule has 1 N–H and O–H groups in total. The van der Waals surface area contributed by atoms with E-state index in [4.69, 9.17) is 0 Å². The average Bonchev–Trinajstić information content (AvgIpc) is 3.02. The van der Waals surface area contributed by atoms with Crippen molar-refractivity contribution in [1.82, 2.24) is 10.2 Å². The molecule has 0 spiro atoms. The van der Waals surface area contributed by atoms with E-state index < -0.39 is 0 Å². The quantitative estimate of drug-likeness (QED) is 0.916. The molecule has 1 aromatic carbocycles. The van der Waals surface area contributed by atoms with Crippen molar-refractivity contribution < 1.29 is 4.79 Å². The summed E-state index contributed by atoms with van der Waals surface area (Å²) in [7, 11) is 0. The Morgan fingerprint density at radius 3 is 2.75 bits per heavy atom. The molecule has 2 atom stereocenters. The number of benzene rings is 1. The number of carbonyl (C=O) groups is 1. The molecule has 3 nitrogen and oxygen atoms in total.